The number of nitro groups is 1. The van der Waals surface area contributed by atoms with Crippen LogP contribution in [0.4, 0.5) is 5.69 Å². The van der Waals surface area contributed by atoms with Crippen molar-refractivity contribution in [1.29, 1.82) is 0 Å². The Kier molecular flexibility index (Phi) is 4.02. The van der Waals surface area contributed by atoms with Gasteiger partial charge in [-0.15, -0.1) is 0 Å². The van der Waals surface area contributed by atoms with Gasteiger partial charge in [0.25, 0.3) is 5.69 Å². The lowest BCUT2D eigenvalue weighted by Crippen LogP contribution is -2.04. The first kappa shape index (κ1) is 13.1. The van der Waals surface area contributed by atoms with Crippen molar-refractivity contribution in [3.8, 4) is 5.75 Å². The molecule has 0 bridgehead atoms. The maximum atomic E-state index is 10.6. The summed E-state index contributed by atoms with van der Waals surface area (Å²) in [6.07, 6.45) is -1.71. The Labute approximate surface area is 98.9 Å². The zero-order valence-corrected chi connectivity index (χ0v) is 10.8. The molecule has 1 aromatic carbocycles. The minimum absolute atomic E-state index is 0.0640. The maximum absolute atomic E-state index is 10.6. The van der Waals surface area contributed by atoms with E-state index in [2.05, 4.69) is 0 Å². The van der Waals surface area contributed by atoms with Gasteiger partial charge in [0.15, 0.2) is 6.42 Å². The number of benzene rings is 1. The number of hydrogen-bond donors (Lipinski definition) is 1. The topological polar surface area (TPSA) is 78.4 Å². The molecule has 7 heteroatoms. The standard InChI is InChI=1S/C9H13N2O3PS/c1-3-15(10,16)14-8-4-5-9(11(12)13)7(2)6-8/h4-6H,3H2,1-2H3,(H2,10,16). The number of nitro benzene ring substituents is 1. The average molecular weight is 260 g/mol. The third kappa shape index (κ3) is 3.27. The highest BCUT2D eigenvalue weighted by atomic mass is 32.4. The van der Waals surface area contributed by atoms with Gasteiger partial charge in [-0.3, -0.25) is 15.6 Å². The van der Waals surface area contributed by atoms with Gasteiger partial charge in [0, 0.05) is 17.8 Å². The SMILES string of the molecule is CCP(N)(=S)Oc1ccc([N+](=O)[O-])c(C)c1. The van der Waals surface area contributed by atoms with Gasteiger partial charge >= 0.3 is 0 Å². The minimum Gasteiger partial charge on any atom is -0.454 e. The van der Waals surface area contributed by atoms with Gasteiger partial charge < -0.3 is 4.52 Å². The van der Waals surface area contributed by atoms with Gasteiger partial charge in [-0.05, 0) is 30.9 Å². The molecule has 0 aliphatic heterocycles. The summed E-state index contributed by atoms with van der Waals surface area (Å²) in [5, 5.41) is 10.6. The number of rotatable bonds is 4. The van der Waals surface area contributed by atoms with Crippen LogP contribution in [0.5, 0.6) is 5.75 Å². The molecule has 5 nitrogen and oxygen atoms in total. The number of nitrogens with zero attached hydrogens (tertiary/aromatic N) is 1. The third-order valence-corrected chi connectivity index (χ3v) is 4.47. The fraction of sp³-hybridized carbons (Fsp3) is 0.333. The van der Waals surface area contributed by atoms with Gasteiger partial charge in [-0.2, -0.15) is 0 Å². The average Bonchev–Trinajstić information content (AvgIpc) is 2.16. The second-order valence-electron chi connectivity index (χ2n) is 3.34. The quantitative estimate of drug-likeness (QED) is 0.511. The van der Waals surface area contributed by atoms with Crippen molar-refractivity contribution in [2.45, 2.75) is 13.8 Å². The Morgan fingerprint density at radius 2 is 2.25 bits per heavy atom. The Morgan fingerprint density at radius 1 is 1.62 bits per heavy atom. The molecule has 0 amide bonds. The summed E-state index contributed by atoms with van der Waals surface area (Å²) in [6.45, 7) is 3.51. The Hall–Kier alpha value is -0.970. The van der Waals surface area contributed by atoms with E-state index in [1.807, 2.05) is 6.92 Å². The van der Waals surface area contributed by atoms with Crippen LogP contribution >= 0.6 is 6.42 Å². The molecule has 0 aliphatic rings. The molecule has 0 aliphatic carbocycles. The van der Waals surface area contributed by atoms with Crippen LogP contribution in [0.15, 0.2) is 18.2 Å². The largest absolute Gasteiger partial charge is 0.454 e. The summed E-state index contributed by atoms with van der Waals surface area (Å²) in [5.41, 5.74) is 6.37. The molecule has 88 valence electrons. The maximum Gasteiger partial charge on any atom is 0.272 e. The lowest BCUT2D eigenvalue weighted by Gasteiger charge is -2.16. The smallest absolute Gasteiger partial charge is 0.272 e. The molecule has 0 saturated carbocycles. The number of nitrogens with two attached hydrogens (primary N) is 1. The lowest BCUT2D eigenvalue weighted by atomic mass is 10.2. The van der Waals surface area contributed by atoms with E-state index in [0.29, 0.717) is 17.5 Å². The predicted molar refractivity (Wildman–Crippen MR) is 67.5 cm³/mol. The fourth-order valence-electron chi connectivity index (χ4n) is 1.13. The van der Waals surface area contributed by atoms with Gasteiger partial charge in [-0.1, -0.05) is 6.92 Å². The minimum atomic E-state index is -2.29. The number of aryl methyl sites for hydroxylation is 1. The molecule has 0 saturated heterocycles. The summed E-state index contributed by atoms with van der Waals surface area (Å²) in [7, 11) is 0. The van der Waals surface area contributed by atoms with E-state index in [1.165, 1.54) is 12.1 Å². The molecule has 2 N–H and O–H groups in total. The highest BCUT2D eigenvalue weighted by molar-refractivity contribution is 8.11. The zero-order chi connectivity index (χ0) is 12.3. The molecule has 1 aromatic rings. The van der Waals surface area contributed by atoms with Crippen LogP contribution in [0, 0.1) is 17.0 Å². The molecule has 1 rings (SSSR count). The zero-order valence-electron chi connectivity index (χ0n) is 9.04. The van der Waals surface area contributed by atoms with E-state index < -0.39 is 11.3 Å². The van der Waals surface area contributed by atoms with E-state index in [-0.39, 0.29) is 5.69 Å². The molecule has 16 heavy (non-hydrogen) atoms. The molecule has 1 atom stereocenters. The third-order valence-electron chi connectivity index (χ3n) is 2.07. The van der Waals surface area contributed by atoms with Gasteiger partial charge in [-0.25, -0.2) is 0 Å². The van der Waals surface area contributed by atoms with Crippen molar-refractivity contribution >= 4 is 23.9 Å². The van der Waals surface area contributed by atoms with E-state index >= 15 is 0 Å². The summed E-state index contributed by atoms with van der Waals surface area (Å²) in [4.78, 5) is 10.2. The highest BCUT2D eigenvalue weighted by Gasteiger charge is 2.14. The van der Waals surface area contributed by atoms with Gasteiger partial charge in [0.2, 0.25) is 0 Å². The molecule has 0 heterocycles. The Morgan fingerprint density at radius 3 is 2.69 bits per heavy atom. The van der Waals surface area contributed by atoms with Gasteiger partial charge in [0.1, 0.15) is 5.75 Å². The van der Waals surface area contributed by atoms with Crippen molar-refractivity contribution in [1.82, 2.24) is 0 Å². The molecule has 1 unspecified atom stereocenters. The first-order valence-electron chi connectivity index (χ1n) is 4.68. The monoisotopic (exact) mass is 260 g/mol. The predicted octanol–water partition coefficient (Wildman–Crippen LogP) is 2.57. The number of hydrogen-bond acceptors (Lipinski definition) is 4. The van der Waals surface area contributed by atoms with Crippen LogP contribution in [0.25, 0.3) is 0 Å². The first-order valence-corrected chi connectivity index (χ1v) is 7.65. The van der Waals surface area contributed by atoms with E-state index in [1.54, 1.807) is 13.0 Å². The molecule has 0 spiro atoms. The molecular formula is C9H13N2O3PS. The molecular weight excluding hydrogens is 247 g/mol. The Bertz CT molecular complexity index is 464. The summed E-state index contributed by atoms with van der Waals surface area (Å²) in [6, 6.07) is 4.51. The fourth-order valence-corrected chi connectivity index (χ4v) is 1.99. The second-order valence-corrected chi connectivity index (χ2v) is 7.46. The molecule has 0 aromatic heterocycles. The van der Waals surface area contributed by atoms with Crippen LogP contribution in [0.3, 0.4) is 0 Å². The summed E-state index contributed by atoms with van der Waals surface area (Å²) < 4.78 is 5.45. The van der Waals surface area contributed by atoms with Crippen LogP contribution in [-0.2, 0) is 11.8 Å². The molecule has 0 fully saturated rings. The van der Waals surface area contributed by atoms with Crippen molar-refractivity contribution < 1.29 is 9.45 Å². The normalized spacial score (nSPS) is 14.2. The van der Waals surface area contributed by atoms with E-state index in [4.69, 9.17) is 21.8 Å². The van der Waals surface area contributed by atoms with Crippen LogP contribution in [0.2, 0.25) is 0 Å². The summed E-state index contributed by atoms with van der Waals surface area (Å²) in [5.74, 6) is 0.496. The second kappa shape index (κ2) is 4.91. The molecule has 0 radical (unpaired) electrons. The Balaban J connectivity index is 2.98. The van der Waals surface area contributed by atoms with Crippen molar-refractivity contribution in [3.63, 3.8) is 0 Å². The van der Waals surface area contributed by atoms with Crippen molar-refractivity contribution in [3.05, 3.63) is 33.9 Å². The highest BCUT2D eigenvalue weighted by Crippen LogP contribution is 2.39. The van der Waals surface area contributed by atoms with Crippen LogP contribution in [0.1, 0.15) is 12.5 Å². The van der Waals surface area contributed by atoms with Gasteiger partial charge in [0.05, 0.1) is 4.92 Å². The van der Waals surface area contributed by atoms with Crippen LogP contribution in [-0.4, -0.2) is 11.1 Å². The van der Waals surface area contributed by atoms with Crippen LogP contribution < -0.4 is 10.0 Å². The first-order chi connectivity index (χ1) is 7.35. The van der Waals surface area contributed by atoms with Crippen molar-refractivity contribution in [2.75, 3.05) is 6.16 Å². The summed E-state index contributed by atoms with van der Waals surface area (Å²) >= 11 is 5.09. The van der Waals surface area contributed by atoms with Crippen molar-refractivity contribution in [2.24, 2.45) is 5.50 Å². The van der Waals surface area contributed by atoms with E-state index in [9.17, 15) is 10.1 Å². The van der Waals surface area contributed by atoms with E-state index in [0.717, 1.165) is 0 Å². The lowest BCUT2D eigenvalue weighted by molar-refractivity contribution is -0.385.